The molecule has 2 N–H and O–H groups in total. The summed E-state index contributed by atoms with van der Waals surface area (Å²) in [6, 6.07) is 4.31. The van der Waals surface area contributed by atoms with E-state index < -0.39 is 5.60 Å². The molecule has 2 heterocycles. The van der Waals surface area contributed by atoms with E-state index in [9.17, 15) is 4.79 Å². The maximum absolute atomic E-state index is 11.9. The van der Waals surface area contributed by atoms with Crippen LogP contribution in [0.15, 0.2) is 22.5 Å². The van der Waals surface area contributed by atoms with Crippen LogP contribution in [0.5, 0.6) is 0 Å². The topological polar surface area (TPSA) is 66.0 Å². The number of aliphatic imine (C=N–C) groups is 1. The first kappa shape index (κ1) is 18.6. The van der Waals surface area contributed by atoms with Crippen molar-refractivity contribution in [2.24, 2.45) is 4.99 Å². The van der Waals surface area contributed by atoms with Gasteiger partial charge in [0.25, 0.3) is 0 Å². The lowest BCUT2D eigenvalue weighted by molar-refractivity contribution is 0.0507. The molecule has 1 aromatic rings. The molecule has 1 atom stereocenters. The summed E-state index contributed by atoms with van der Waals surface area (Å²) in [7, 11) is 1.79. The van der Waals surface area contributed by atoms with Gasteiger partial charge in [-0.05, 0) is 45.1 Å². The van der Waals surface area contributed by atoms with Crippen molar-refractivity contribution in [1.82, 2.24) is 15.5 Å². The molecule has 6 nitrogen and oxygen atoms in total. The van der Waals surface area contributed by atoms with Gasteiger partial charge in [-0.2, -0.15) is 0 Å². The Morgan fingerprint density at radius 1 is 1.50 bits per heavy atom. The number of ether oxygens (including phenoxy) is 1. The third-order valence-electron chi connectivity index (χ3n) is 3.66. The van der Waals surface area contributed by atoms with Crippen LogP contribution < -0.4 is 10.6 Å². The average molecular weight is 353 g/mol. The number of carbonyl (C=O) groups is 1. The Balaban J connectivity index is 1.75. The van der Waals surface area contributed by atoms with E-state index >= 15 is 0 Å². The van der Waals surface area contributed by atoms with Gasteiger partial charge in [-0.25, -0.2) is 4.79 Å². The van der Waals surface area contributed by atoms with Gasteiger partial charge in [0.05, 0.1) is 6.04 Å². The highest BCUT2D eigenvalue weighted by atomic mass is 32.1. The van der Waals surface area contributed by atoms with Gasteiger partial charge in [0.2, 0.25) is 0 Å². The van der Waals surface area contributed by atoms with E-state index in [1.165, 1.54) is 4.88 Å². The normalized spacial score (nSPS) is 18.6. The summed E-state index contributed by atoms with van der Waals surface area (Å²) >= 11 is 1.77. The quantitative estimate of drug-likeness (QED) is 0.645. The van der Waals surface area contributed by atoms with E-state index in [0.29, 0.717) is 0 Å². The van der Waals surface area contributed by atoms with E-state index in [1.807, 2.05) is 20.8 Å². The second-order valence-corrected chi connectivity index (χ2v) is 7.91. The summed E-state index contributed by atoms with van der Waals surface area (Å²) < 4.78 is 5.31. The van der Waals surface area contributed by atoms with Crippen LogP contribution in [0.3, 0.4) is 0 Å². The van der Waals surface area contributed by atoms with Crippen LogP contribution >= 0.6 is 11.3 Å². The van der Waals surface area contributed by atoms with Crippen molar-refractivity contribution in [2.75, 3.05) is 26.7 Å². The SMILES string of the molecule is CN=C(NCCc1cccs1)N1CCC(NC(=O)OC(C)(C)C)C1. The zero-order chi connectivity index (χ0) is 17.6. The Morgan fingerprint density at radius 3 is 2.92 bits per heavy atom. The summed E-state index contributed by atoms with van der Waals surface area (Å²) in [6.45, 7) is 8.08. The molecule has 1 saturated heterocycles. The lowest BCUT2D eigenvalue weighted by atomic mass is 10.2. The zero-order valence-corrected chi connectivity index (χ0v) is 15.8. The summed E-state index contributed by atoms with van der Waals surface area (Å²) in [4.78, 5) is 19.8. The fraction of sp³-hybridized carbons (Fsp3) is 0.647. The van der Waals surface area contributed by atoms with Crippen molar-refractivity contribution in [2.45, 2.75) is 45.3 Å². The monoisotopic (exact) mass is 352 g/mol. The molecule has 0 saturated carbocycles. The number of hydrogen-bond donors (Lipinski definition) is 2. The van der Waals surface area contributed by atoms with Crippen LogP contribution in [0, 0.1) is 0 Å². The van der Waals surface area contributed by atoms with Gasteiger partial charge in [0, 0.05) is 31.6 Å². The minimum absolute atomic E-state index is 0.0932. The molecule has 7 heteroatoms. The van der Waals surface area contributed by atoms with Crippen molar-refractivity contribution in [3.05, 3.63) is 22.4 Å². The summed E-state index contributed by atoms with van der Waals surface area (Å²) in [5.41, 5.74) is -0.470. The molecule has 0 radical (unpaired) electrons. The Hall–Kier alpha value is -1.76. The molecule has 24 heavy (non-hydrogen) atoms. The number of thiophene rings is 1. The van der Waals surface area contributed by atoms with Gasteiger partial charge in [0.15, 0.2) is 5.96 Å². The number of likely N-dealkylation sites (tertiary alicyclic amines) is 1. The van der Waals surface area contributed by atoms with E-state index in [4.69, 9.17) is 4.74 Å². The molecule has 2 rings (SSSR count). The summed E-state index contributed by atoms with van der Waals surface area (Å²) in [6.07, 6.45) is 1.53. The fourth-order valence-electron chi connectivity index (χ4n) is 2.63. The van der Waals surface area contributed by atoms with Crippen molar-refractivity contribution in [3.8, 4) is 0 Å². The molecule has 0 aliphatic carbocycles. The summed E-state index contributed by atoms with van der Waals surface area (Å²) in [5.74, 6) is 0.889. The van der Waals surface area contributed by atoms with Gasteiger partial charge in [0.1, 0.15) is 5.60 Å². The molecule has 0 aromatic carbocycles. The number of guanidine groups is 1. The lowest BCUT2D eigenvalue weighted by Gasteiger charge is -2.23. The molecule has 1 fully saturated rings. The number of rotatable bonds is 4. The maximum Gasteiger partial charge on any atom is 0.407 e. The first-order valence-electron chi connectivity index (χ1n) is 8.35. The number of alkyl carbamates (subject to hydrolysis) is 1. The highest BCUT2D eigenvalue weighted by Gasteiger charge is 2.27. The Labute approximate surface area is 148 Å². The molecular formula is C17H28N4O2S. The molecule has 0 spiro atoms. The van der Waals surface area contributed by atoms with Crippen LogP contribution in [-0.2, 0) is 11.2 Å². The van der Waals surface area contributed by atoms with E-state index in [1.54, 1.807) is 18.4 Å². The zero-order valence-electron chi connectivity index (χ0n) is 15.0. The molecule has 1 aliphatic rings. The summed E-state index contributed by atoms with van der Waals surface area (Å²) in [5, 5.41) is 8.43. The van der Waals surface area contributed by atoms with Gasteiger partial charge >= 0.3 is 6.09 Å². The average Bonchev–Trinajstić information content (AvgIpc) is 3.13. The molecular weight excluding hydrogens is 324 g/mol. The molecule has 1 aliphatic heterocycles. The number of carbonyl (C=O) groups excluding carboxylic acids is 1. The predicted octanol–water partition coefficient (Wildman–Crippen LogP) is 2.47. The Morgan fingerprint density at radius 2 is 2.29 bits per heavy atom. The van der Waals surface area contributed by atoms with E-state index in [0.717, 1.165) is 38.4 Å². The number of nitrogens with zero attached hydrogens (tertiary/aromatic N) is 2. The van der Waals surface area contributed by atoms with Crippen LogP contribution in [0.1, 0.15) is 32.1 Å². The third-order valence-corrected chi connectivity index (χ3v) is 4.59. The van der Waals surface area contributed by atoms with Crippen LogP contribution in [0.25, 0.3) is 0 Å². The predicted molar refractivity (Wildman–Crippen MR) is 98.7 cm³/mol. The Bertz CT molecular complexity index is 551. The van der Waals surface area contributed by atoms with Crippen molar-refractivity contribution >= 4 is 23.4 Å². The van der Waals surface area contributed by atoms with Crippen LogP contribution in [-0.4, -0.2) is 55.3 Å². The van der Waals surface area contributed by atoms with E-state index in [-0.39, 0.29) is 12.1 Å². The van der Waals surface area contributed by atoms with Gasteiger partial charge in [-0.3, -0.25) is 4.99 Å². The molecule has 1 unspecified atom stereocenters. The smallest absolute Gasteiger partial charge is 0.407 e. The fourth-order valence-corrected chi connectivity index (χ4v) is 3.34. The first-order valence-corrected chi connectivity index (χ1v) is 9.23. The van der Waals surface area contributed by atoms with Gasteiger partial charge in [-0.15, -0.1) is 11.3 Å². The van der Waals surface area contributed by atoms with Gasteiger partial charge < -0.3 is 20.3 Å². The lowest BCUT2D eigenvalue weighted by Crippen LogP contribution is -2.44. The maximum atomic E-state index is 11.9. The van der Waals surface area contributed by atoms with E-state index in [2.05, 4.69) is 38.0 Å². The number of hydrogen-bond acceptors (Lipinski definition) is 4. The number of amides is 1. The Kier molecular flexibility index (Phi) is 6.48. The van der Waals surface area contributed by atoms with Crippen LogP contribution in [0.4, 0.5) is 4.79 Å². The highest BCUT2D eigenvalue weighted by molar-refractivity contribution is 7.09. The minimum atomic E-state index is -0.470. The number of nitrogens with one attached hydrogen (secondary N) is 2. The molecule has 0 bridgehead atoms. The van der Waals surface area contributed by atoms with Crippen molar-refractivity contribution in [3.63, 3.8) is 0 Å². The third kappa shape index (κ3) is 6.03. The molecule has 1 aromatic heterocycles. The van der Waals surface area contributed by atoms with Crippen molar-refractivity contribution in [1.29, 1.82) is 0 Å². The second kappa shape index (κ2) is 8.37. The van der Waals surface area contributed by atoms with Crippen LogP contribution in [0.2, 0.25) is 0 Å². The minimum Gasteiger partial charge on any atom is -0.444 e. The largest absolute Gasteiger partial charge is 0.444 e. The molecule has 134 valence electrons. The second-order valence-electron chi connectivity index (χ2n) is 6.88. The first-order chi connectivity index (χ1) is 11.4. The molecule has 1 amide bonds. The van der Waals surface area contributed by atoms with Gasteiger partial charge in [-0.1, -0.05) is 6.07 Å². The van der Waals surface area contributed by atoms with Crippen molar-refractivity contribution < 1.29 is 9.53 Å². The standard InChI is InChI=1S/C17H28N4O2S/c1-17(2,3)23-16(22)20-13-8-10-21(12-13)15(18-4)19-9-7-14-6-5-11-24-14/h5-6,11,13H,7-10,12H2,1-4H3,(H,18,19)(H,20,22). The highest BCUT2D eigenvalue weighted by Crippen LogP contribution is 2.12.